The second kappa shape index (κ2) is 16.1. The summed E-state index contributed by atoms with van der Waals surface area (Å²) in [6.07, 6.45) is 5.72. The highest BCUT2D eigenvalue weighted by atomic mass is 14.4. The zero-order chi connectivity index (χ0) is 22.6. The highest BCUT2D eigenvalue weighted by molar-refractivity contribution is 5.76. The van der Waals surface area contributed by atoms with Crippen molar-refractivity contribution in [2.24, 2.45) is 0 Å². The van der Waals surface area contributed by atoms with Crippen molar-refractivity contribution >= 4 is 6.08 Å². The van der Waals surface area contributed by atoms with Gasteiger partial charge in [0.05, 0.1) is 5.41 Å². The fourth-order valence-electron chi connectivity index (χ4n) is 4.24. The van der Waals surface area contributed by atoms with Crippen molar-refractivity contribution in [2.75, 3.05) is 0 Å². The molecule has 0 radical (unpaired) electrons. The molecule has 0 heteroatoms. The van der Waals surface area contributed by atoms with Gasteiger partial charge in [-0.15, -0.1) is 0 Å². The molecule has 0 unspecified atom stereocenters. The van der Waals surface area contributed by atoms with Gasteiger partial charge in [-0.3, -0.25) is 0 Å². The van der Waals surface area contributed by atoms with E-state index in [-0.39, 0.29) is 20.3 Å². The first-order valence-electron chi connectivity index (χ1n) is 11.8. The Morgan fingerprint density at radius 3 is 1.34 bits per heavy atom. The van der Waals surface area contributed by atoms with E-state index < -0.39 is 0 Å². The zero-order valence-corrected chi connectivity index (χ0v) is 20.3. The van der Waals surface area contributed by atoms with Crippen LogP contribution in [0.4, 0.5) is 0 Å². The maximum Gasteiger partial charge on any atom is 0.0646 e. The molecule has 0 amide bonds. The Morgan fingerprint density at radius 1 is 0.500 bits per heavy atom. The van der Waals surface area contributed by atoms with Crippen LogP contribution in [0.15, 0.2) is 78.9 Å². The van der Waals surface area contributed by atoms with E-state index >= 15 is 0 Å². The van der Waals surface area contributed by atoms with Gasteiger partial charge in [-0.05, 0) is 39.8 Å². The summed E-state index contributed by atoms with van der Waals surface area (Å²) in [5, 5.41) is 0. The summed E-state index contributed by atoms with van der Waals surface area (Å²) in [6.45, 7) is 16.0. The average molecular weight is 433 g/mol. The first kappa shape index (κ1) is 31.6. The van der Waals surface area contributed by atoms with Crippen LogP contribution in [0.2, 0.25) is 0 Å². The molecule has 2 aliphatic rings. The second-order valence-corrected chi connectivity index (χ2v) is 6.22. The number of hydrogen-bond acceptors (Lipinski definition) is 0. The number of fused-ring (bicyclic) bond motifs is 6. The fraction of sp³-hybridized carbons (Fsp3) is 0.375. The third-order valence-electron chi connectivity index (χ3n) is 5.16. The Hall–Kier alpha value is -2.60. The van der Waals surface area contributed by atoms with Crippen molar-refractivity contribution < 1.29 is 0 Å². The molecule has 0 saturated heterocycles. The largest absolute Gasteiger partial charge is 0.0776 e. The third-order valence-corrected chi connectivity index (χ3v) is 5.16. The van der Waals surface area contributed by atoms with Crippen molar-refractivity contribution in [3.63, 3.8) is 0 Å². The van der Waals surface area contributed by atoms with E-state index in [1.807, 2.05) is 55.4 Å². The molecule has 0 heterocycles. The number of rotatable bonds is 0. The summed E-state index contributed by atoms with van der Waals surface area (Å²) < 4.78 is 0. The molecule has 1 spiro atoms. The minimum Gasteiger partial charge on any atom is -0.0776 e. The van der Waals surface area contributed by atoms with E-state index in [2.05, 4.69) is 84.9 Å². The molecule has 32 heavy (non-hydrogen) atoms. The van der Waals surface area contributed by atoms with Gasteiger partial charge >= 0.3 is 0 Å². The summed E-state index contributed by atoms with van der Waals surface area (Å²) in [6, 6.07) is 26.6. The molecule has 0 atom stereocenters. The van der Waals surface area contributed by atoms with E-state index in [1.54, 1.807) is 0 Å². The van der Waals surface area contributed by atoms with E-state index in [4.69, 9.17) is 0 Å². The minimum absolute atomic E-state index is 0. The Labute approximate surface area is 200 Å². The molecule has 0 bridgehead atoms. The van der Waals surface area contributed by atoms with Gasteiger partial charge in [0.2, 0.25) is 0 Å². The number of benzene rings is 3. The summed E-state index contributed by atoms with van der Waals surface area (Å²) in [5.74, 6) is 0. The molecule has 0 aromatic heterocycles. The number of allylic oxidation sites excluding steroid dienone is 1. The molecule has 0 nitrogen and oxygen atoms in total. The summed E-state index contributed by atoms with van der Waals surface area (Å²) >= 11 is 0. The zero-order valence-electron chi connectivity index (χ0n) is 20.3. The summed E-state index contributed by atoms with van der Waals surface area (Å²) in [7, 11) is 0. The van der Waals surface area contributed by atoms with Gasteiger partial charge in [0.1, 0.15) is 0 Å². The van der Waals surface area contributed by atoms with Crippen molar-refractivity contribution in [2.45, 2.75) is 82.1 Å². The lowest BCUT2D eigenvalue weighted by atomic mass is 9.64. The van der Waals surface area contributed by atoms with Gasteiger partial charge in [-0.2, -0.15) is 0 Å². The molecule has 0 N–H and O–H groups in total. The lowest BCUT2D eigenvalue weighted by Crippen LogP contribution is -2.31. The predicted octanol–water partition coefficient (Wildman–Crippen LogP) is 10.3. The maximum atomic E-state index is 2.40. The van der Waals surface area contributed by atoms with Crippen molar-refractivity contribution in [1.29, 1.82) is 0 Å². The molecule has 5 rings (SSSR count). The van der Waals surface area contributed by atoms with Gasteiger partial charge in [0.15, 0.2) is 0 Å². The molecule has 2 aliphatic carbocycles. The standard InChI is InChI=1S/C22H16.4C2H6.2CH4/c1-4-10-19-16(7-1)13-14-22(19)20-11-5-2-8-17(20)15-18-9-3-6-12-21(18)22;4*1-2;;/h1-14H,15H2;4*1-2H3;2*1H4. The van der Waals surface area contributed by atoms with Crippen LogP contribution in [0, 0.1) is 0 Å². The topological polar surface area (TPSA) is 0 Å². The van der Waals surface area contributed by atoms with Gasteiger partial charge in [-0.25, -0.2) is 0 Å². The highest BCUT2D eigenvalue weighted by Crippen LogP contribution is 2.51. The predicted molar refractivity (Wildman–Crippen MR) is 150 cm³/mol. The molecular weight excluding hydrogens is 384 g/mol. The Balaban J connectivity index is 0. The monoisotopic (exact) mass is 432 g/mol. The smallest absolute Gasteiger partial charge is 0.0646 e. The van der Waals surface area contributed by atoms with Crippen LogP contribution >= 0.6 is 0 Å². The highest BCUT2D eigenvalue weighted by Gasteiger charge is 2.42. The fourth-order valence-corrected chi connectivity index (χ4v) is 4.24. The molecule has 0 saturated carbocycles. The van der Waals surface area contributed by atoms with E-state index in [9.17, 15) is 0 Å². The molecule has 176 valence electrons. The summed E-state index contributed by atoms with van der Waals surface area (Å²) in [5.41, 5.74) is 8.42. The molecule has 3 aromatic carbocycles. The van der Waals surface area contributed by atoms with Crippen LogP contribution in [0.1, 0.15) is 104 Å². The summed E-state index contributed by atoms with van der Waals surface area (Å²) in [4.78, 5) is 0. The maximum absolute atomic E-state index is 2.40. The molecule has 0 fully saturated rings. The Morgan fingerprint density at radius 2 is 0.875 bits per heavy atom. The van der Waals surface area contributed by atoms with Crippen molar-refractivity contribution in [3.8, 4) is 0 Å². The third kappa shape index (κ3) is 5.60. The molecular formula is C32H48. The van der Waals surface area contributed by atoms with Crippen LogP contribution < -0.4 is 0 Å². The first-order valence-corrected chi connectivity index (χ1v) is 11.8. The van der Waals surface area contributed by atoms with Crippen molar-refractivity contribution in [3.05, 3.63) is 112 Å². The van der Waals surface area contributed by atoms with Gasteiger partial charge in [0.25, 0.3) is 0 Å². The quantitative estimate of drug-likeness (QED) is 0.331. The van der Waals surface area contributed by atoms with Gasteiger partial charge in [0, 0.05) is 0 Å². The van der Waals surface area contributed by atoms with E-state index in [0.29, 0.717) is 0 Å². The van der Waals surface area contributed by atoms with Crippen LogP contribution in [0.3, 0.4) is 0 Å². The second-order valence-electron chi connectivity index (χ2n) is 6.22. The lowest BCUT2D eigenvalue weighted by molar-refractivity contribution is 0.743. The van der Waals surface area contributed by atoms with E-state index in [1.165, 1.54) is 33.4 Å². The first-order chi connectivity index (χ1) is 14.9. The lowest BCUT2D eigenvalue weighted by Gasteiger charge is -2.38. The van der Waals surface area contributed by atoms with Crippen LogP contribution in [-0.4, -0.2) is 0 Å². The minimum atomic E-state index is -0.109. The van der Waals surface area contributed by atoms with Crippen LogP contribution in [0.5, 0.6) is 0 Å². The Kier molecular flexibility index (Phi) is 15.9. The normalized spacial score (nSPS) is 11.9. The van der Waals surface area contributed by atoms with Gasteiger partial charge in [-0.1, -0.05) is 155 Å². The Bertz CT molecular complexity index is 869. The molecule has 0 aliphatic heterocycles. The van der Waals surface area contributed by atoms with E-state index in [0.717, 1.165) is 6.42 Å². The number of hydrogen-bond donors (Lipinski definition) is 0. The van der Waals surface area contributed by atoms with Crippen molar-refractivity contribution in [1.82, 2.24) is 0 Å². The molecule has 3 aromatic rings. The average Bonchev–Trinajstić information content (AvgIpc) is 3.25. The van der Waals surface area contributed by atoms with Crippen LogP contribution in [-0.2, 0) is 11.8 Å². The van der Waals surface area contributed by atoms with Crippen LogP contribution in [0.25, 0.3) is 6.08 Å². The van der Waals surface area contributed by atoms with Gasteiger partial charge < -0.3 is 0 Å². The SMILES string of the molecule is C.C.C1=CC2(c3ccccc31)c1ccccc1Cc1ccccc12.CC.CC.CC.CC.